The fourth-order valence-electron chi connectivity index (χ4n) is 2.29. The number of nitrogens with zero attached hydrogens (tertiary/aromatic N) is 1. The molecule has 1 fully saturated rings. The molecule has 6 heteroatoms. The van der Waals surface area contributed by atoms with E-state index in [0.29, 0.717) is 19.4 Å². The van der Waals surface area contributed by atoms with Crippen LogP contribution in [0, 0.1) is 0 Å². The lowest BCUT2D eigenvalue weighted by Crippen LogP contribution is -2.47. The molecule has 1 unspecified atom stereocenters. The summed E-state index contributed by atoms with van der Waals surface area (Å²) in [5, 5.41) is 4.57. The van der Waals surface area contributed by atoms with Crippen molar-refractivity contribution < 1.29 is 13.2 Å². The van der Waals surface area contributed by atoms with E-state index >= 15 is 0 Å². The van der Waals surface area contributed by atoms with E-state index < -0.39 is 15.3 Å². The Morgan fingerprint density at radius 3 is 2.67 bits per heavy atom. The van der Waals surface area contributed by atoms with Crippen LogP contribution in [0.1, 0.15) is 51.9 Å². The Morgan fingerprint density at radius 1 is 1.33 bits per heavy atom. The van der Waals surface area contributed by atoms with Crippen molar-refractivity contribution in [2.24, 2.45) is 5.14 Å². The molecule has 0 spiro atoms. The standard InChI is InChI=1S/C12H24N2O3S/c1-2-3-4-5-8-12(15)14-9-6-7-11(10-14)18(13,16)17/h11H,2-10H2,1H3,(H2,13,16,17). The normalized spacial score (nSPS) is 21.0. The maximum Gasteiger partial charge on any atom is 0.222 e. The van der Waals surface area contributed by atoms with E-state index in [1.165, 1.54) is 0 Å². The fraction of sp³-hybridized carbons (Fsp3) is 0.917. The van der Waals surface area contributed by atoms with Gasteiger partial charge in [0, 0.05) is 19.5 Å². The second-order valence-electron chi connectivity index (χ2n) is 5.00. The van der Waals surface area contributed by atoms with Gasteiger partial charge in [0.15, 0.2) is 0 Å². The minimum atomic E-state index is -3.52. The highest BCUT2D eigenvalue weighted by Gasteiger charge is 2.29. The predicted octanol–water partition coefficient (Wildman–Crippen LogP) is 1.24. The van der Waals surface area contributed by atoms with Crippen LogP contribution in [0.3, 0.4) is 0 Å². The van der Waals surface area contributed by atoms with Crippen LogP contribution in [-0.2, 0) is 14.8 Å². The molecule has 0 aliphatic carbocycles. The zero-order chi connectivity index (χ0) is 13.6. The monoisotopic (exact) mass is 276 g/mol. The number of primary sulfonamides is 1. The number of hydrogen-bond donors (Lipinski definition) is 1. The summed E-state index contributed by atoms with van der Waals surface area (Å²) in [6, 6.07) is 0. The van der Waals surface area contributed by atoms with Crippen LogP contribution in [0.2, 0.25) is 0 Å². The third kappa shape index (κ3) is 4.94. The van der Waals surface area contributed by atoms with E-state index in [0.717, 1.165) is 32.1 Å². The topological polar surface area (TPSA) is 80.5 Å². The van der Waals surface area contributed by atoms with Gasteiger partial charge in [0.1, 0.15) is 0 Å². The van der Waals surface area contributed by atoms with Gasteiger partial charge >= 0.3 is 0 Å². The lowest BCUT2D eigenvalue weighted by Gasteiger charge is -2.31. The largest absolute Gasteiger partial charge is 0.341 e. The summed E-state index contributed by atoms with van der Waals surface area (Å²) < 4.78 is 22.6. The average molecular weight is 276 g/mol. The van der Waals surface area contributed by atoms with Gasteiger partial charge in [0.25, 0.3) is 0 Å². The molecule has 2 N–H and O–H groups in total. The van der Waals surface area contributed by atoms with Gasteiger partial charge in [-0.3, -0.25) is 4.79 Å². The summed E-state index contributed by atoms with van der Waals surface area (Å²) in [6.07, 6.45) is 6.06. The molecule has 1 amide bonds. The molecule has 1 atom stereocenters. The van der Waals surface area contributed by atoms with Crippen molar-refractivity contribution in [2.75, 3.05) is 13.1 Å². The smallest absolute Gasteiger partial charge is 0.222 e. The van der Waals surface area contributed by atoms with Crippen molar-refractivity contribution in [3.8, 4) is 0 Å². The number of likely N-dealkylation sites (tertiary alicyclic amines) is 1. The van der Waals surface area contributed by atoms with Crippen molar-refractivity contribution in [1.82, 2.24) is 4.90 Å². The number of rotatable bonds is 6. The molecule has 1 heterocycles. The van der Waals surface area contributed by atoms with Crippen LogP contribution in [-0.4, -0.2) is 37.6 Å². The van der Waals surface area contributed by atoms with Gasteiger partial charge in [-0.15, -0.1) is 0 Å². The van der Waals surface area contributed by atoms with Crippen LogP contribution in [0.25, 0.3) is 0 Å². The Balaban J connectivity index is 2.39. The van der Waals surface area contributed by atoms with Gasteiger partial charge in [-0.05, 0) is 19.3 Å². The zero-order valence-corrected chi connectivity index (χ0v) is 11.9. The average Bonchev–Trinajstić information content (AvgIpc) is 2.33. The first-order chi connectivity index (χ1) is 8.45. The number of amides is 1. The van der Waals surface area contributed by atoms with Crippen LogP contribution in [0.4, 0.5) is 0 Å². The molecule has 1 aliphatic rings. The zero-order valence-electron chi connectivity index (χ0n) is 11.1. The SMILES string of the molecule is CCCCCCC(=O)N1CCCC(S(N)(=O)=O)C1. The Morgan fingerprint density at radius 2 is 2.06 bits per heavy atom. The second kappa shape index (κ2) is 7.09. The quantitative estimate of drug-likeness (QED) is 0.741. The van der Waals surface area contributed by atoms with Crippen molar-refractivity contribution in [2.45, 2.75) is 57.1 Å². The minimum absolute atomic E-state index is 0.0689. The molecular formula is C12H24N2O3S. The minimum Gasteiger partial charge on any atom is -0.341 e. The van der Waals surface area contributed by atoms with Crippen LogP contribution in [0.15, 0.2) is 0 Å². The maximum absolute atomic E-state index is 11.9. The Labute approximate surface area is 110 Å². The Kier molecular flexibility index (Phi) is 6.08. The van der Waals surface area contributed by atoms with Gasteiger partial charge in [-0.25, -0.2) is 13.6 Å². The van der Waals surface area contributed by atoms with Crippen molar-refractivity contribution in [3.63, 3.8) is 0 Å². The summed E-state index contributed by atoms with van der Waals surface area (Å²) in [4.78, 5) is 13.6. The van der Waals surface area contributed by atoms with Gasteiger partial charge < -0.3 is 4.90 Å². The molecule has 1 saturated heterocycles. The second-order valence-corrected chi connectivity index (χ2v) is 6.85. The van der Waals surface area contributed by atoms with Crippen molar-refractivity contribution in [3.05, 3.63) is 0 Å². The van der Waals surface area contributed by atoms with Gasteiger partial charge in [-0.2, -0.15) is 0 Å². The molecule has 5 nitrogen and oxygen atoms in total. The number of sulfonamides is 1. The Bertz CT molecular complexity index is 368. The van der Waals surface area contributed by atoms with Gasteiger partial charge in [0.2, 0.25) is 15.9 Å². The fourth-order valence-corrected chi connectivity index (χ4v) is 3.18. The Hall–Kier alpha value is -0.620. The van der Waals surface area contributed by atoms with Crippen molar-refractivity contribution in [1.29, 1.82) is 0 Å². The lowest BCUT2D eigenvalue weighted by atomic mass is 10.1. The maximum atomic E-state index is 11.9. The number of carbonyl (C=O) groups excluding carboxylic acids is 1. The number of nitrogens with two attached hydrogens (primary N) is 1. The molecule has 106 valence electrons. The first-order valence-corrected chi connectivity index (χ1v) is 8.35. The lowest BCUT2D eigenvalue weighted by molar-refractivity contribution is -0.132. The highest BCUT2D eigenvalue weighted by atomic mass is 32.2. The molecule has 1 aliphatic heterocycles. The predicted molar refractivity (Wildman–Crippen MR) is 71.5 cm³/mol. The van der Waals surface area contributed by atoms with E-state index in [4.69, 9.17) is 5.14 Å². The molecule has 0 aromatic carbocycles. The summed E-state index contributed by atoms with van der Waals surface area (Å²) >= 11 is 0. The highest BCUT2D eigenvalue weighted by Crippen LogP contribution is 2.17. The molecular weight excluding hydrogens is 252 g/mol. The molecule has 1 rings (SSSR count). The third-order valence-corrected chi connectivity index (χ3v) is 4.75. The number of unbranched alkanes of at least 4 members (excludes halogenated alkanes) is 3. The molecule has 0 radical (unpaired) electrons. The summed E-state index contributed by atoms with van der Waals surface area (Å²) in [5.41, 5.74) is 0. The van der Waals surface area contributed by atoms with E-state index in [2.05, 4.69) is 6.92 Å². The van der Waals surface area contributed by atoms with E-state index in [1.54, 1.807) is 4.90 Å². The van der Waals surface area contributed by atoms with E-state index in [1.807, 2.05) is 0 Å². The number of hydrogen-bond acceptors (Lipinski definition) is 3. The van der Waals surface area contributed by atoms with Gasteiger partial charge in [-0.1, -0.05) is 26.2 Å². The molecule has 0 aromatic heterocycles. The van der Waals surface area contributed by atoms with Crippen LogP contribution >= 0.6 is 0 Å². The first-order valence-electron chi connectivity index (χ1n) is 6.74. The van der Waals surface area contributed by atoms with E-state index in [-0.39, 0.29) is 12.5 Å². The molecule has 0 bridgehead atoms. The third-order valence-electron chi connectivity index (χ3n) is 3.44. The van der Waals surface area contributed by atoms with E-state index in [9.17, 15) is 13.2 Å². The summed E-state index contributed by atoms with van der Waals surface area (Å²) in [6.45, 7) is 3.06. The highest BCUT2D eigenvalue weighted by molar-refractivity contribution is 7.89. The molecule has 0 aromatic rings. The molecule has 0 saturated carbocycles. The summed E-state index contributed by atoms with van der Waals surface area (Å²) in [7, 11) is -3.52. The van der Waals surface area contributed by atoms with Crippen LogP contribution in [0.5, 0.6) is 0 Å². The summed E-state index contributed by atoms with van der Waals surface area (Å²) in [5.74, 6) is 0.0689. The number of piperidine rings is 1. The first kappa shape index (κ1) is 15.4. The molecule has 18 heavy (non-hydrogen) atoms. The van der Waals surface area contributed by atoms with Crippen molar-refractivity contribution >= 4 is 15.9 Å². The van der Waals surface area contributed by atoms with Gasteiger partial charge in [0.05, 0.1) is 5.25 Å². The number of carbonyl (C=O) groups is 1. The van der Waals surface area contributed by atoms with Crippen LogP contribution < -0.4 is 5.14 Å².